The number of hydrogen-bond donors (Lipinski definition) is 2. The third kappa shape index (κ3) is 10.2. The number of carbonyl (C=O) groups excluding carboxylic acids is 2. The maximum Gasteiger partial charge on any atom is 0.322 e. The first kappa shape index (κ1) is 38.2. The Morgan fingerprint density at radius 3 is 2.04 bits per heavy atom. The summed E-state index contributed by atoms with van der Waals surface area (Å²) in [5.74, 6) is 3.07. The SMILES string of the molecule is CCCCCCCCCCCCCCC(=O)OC1CCC2(C)C(CCC3C2CCC2(C)C(C(C)CCC(=O)NCC(=O)O)CCC32)C1. The highest BCUT2D eigenvalue weighted by Crippen LogP contribution is 2.68. The molecule has 4 rings (SSSR count). The van der Waals surface area contributed by atoms with Gasteiger partial charge in [0.15, 0.2) is 0 Å². The average molecular weight is 658 g/mol. The summed E-state index contributed by atoms with van der Waals surface area (Å²) in [5.41, 5.74) is 0.719. The second-order valence-electron chi connectivity index (χ2n) is 17.1. The van der Waals surface area contributed by atoms with Crippen LogP contribution in [0.1, 0.15) is 182 Å². The van der Waals surface area contributed by atoms with E-state index in [0.717, 1.165) is 49.9 Å². The number of fused-ring (bicyclic) bond motifs is 5. The van der Waals surface area contributed by atoms with Gasteiger partial charge in [-0.25, -0.2) is 0 Å². The lowest BCUT2D eigenvalue weighted by Gasteiger charge is -2.61. The van der Waals surface area contributed by atoms with E-state index >= 15 is 0 Å². The molecule has 9 atom stereocenters. The monoisotopic (exact) mass is 658 g/mol. The van der Waals surface area contributed by atoms with E-state index in [0.29, 0.717) is 41.4 Å². The molecule has 6 nitrogen and oxygen atoms in total. The van der Waals surface area contributed by atoms with Gasteiger partial charge in [0.25, 0.3) is 0 Å². The molecule has 47 heavy (non-hydrogen) atoms. The zero-order valence-corrected chi connectivity index (χ0v) is 30.8. The Labute approximate surface area is 287 Å². The zero-order valence-electron chi connectivity index (χ0n) is 30.8. The molecule has 4 fully saturated rings. The van der Waals surface area contributed by atoms with Crippen molar-refractivity contribution in [1.29, 1.82) is 0 Å². The first-order chi connectivity index (χ1) is 22.6. The number of nitrogens with one attached hydrogen (secondary N) is 1. The van der Waals surface area contributed by atoms with Gasteiger partial charge in [-0.1, -0.05) is 98.3 Å². The van der Waals surface area contributed by atoms with Crippen LogP contribution in [0.2, 0.25) is 0 Å². The molecule has 2 N–H and O–H groups in total. The minimum atomic E-state index is -0.989. The van der Waals surface area contributed by atoms with Crippen LogP contribution < -0.4 is 5.32 Å². The van der Waals surface area contributed by atoms with Gasteiger partial charge in [-0.3, -0.25) is 14.4 Å². The molecule has 0 spiro atoms. The van der Waals surface area contributed by atoms with E-state index in [9.17, 15) is 14.4 Å². The van der Waals surface area contributed by atoms with Crippen LogP contribution in [0.4, 0.5) is 0 Å². The van der Waals surface area contributed by atoms with Crippen molar-refractivity contribution < 1.29 is 24.2 Å². The van der Waals surface area contributed by atoms with E-state index in [1.54, 1.807) is 0 Å². The second-order valence-corrected chi connectivity index (χ2v) is 17.1. The first-order valence-corrected chi connectivity index (χ1v) is 20.3. The molecule has 0 heterocycles. The normalized spacial score (nSPS) is 33.7. The topological polar surface area (TPSA) is 92.7 Å². The van der Waals surface area contributed by atoms with Crippen LogP contribution in [0.25, 0.3) is 0 Å². The fourth-order valence-electron chi connectivity index (χ4n) is 11.5. The van der Waals surface area contributed by atoms with Crippen molar-refractivity contribution in [1.82, 2.24) is 5.32 Å². The van der Waals surface area contributed by atoms with Crippen molar-refractivity contribution in [3.8, 4) is 0 Å². The number of rotatable bonds is 20. The molecule has 270 valence electrons. The summed E-state index contributed by atoms with van der Waals surface area (Å²) in [6.45, 7) is 9.47. The fraction of sp³-hybridized carbons (Fsp3) is 0.927. The van der Waals surface area contributed by atoms with E-state index in [2.05, 4.69) is 33.0 Å². The molecule has 0 radical (unpaired) electrons. The Kier molecular flexibility index (Phi) is 15.0. The predicted octanol–water partition coefficient (Wildman–Crippen LogP) is 10.3. The van der Waals surface area contributed by atoms with Crippen LogP contribution in [-0.2, 0) is 19.1 Å². The summed E-state index contributed by atoms with van der Waals surface area (Å²) >= 11 is 0. The highest BCUT2D eigenvalue weighted by molar-refractivity contribution is 5.81. The molecule has 0 aromatic carbocycles. The molecule has 0 aromatic rings. The van der Waals surface area contributed by atoms with Crippen LogP contribution >= 0.6 is 0 Å². The van der Waals surface area contributed by atoms with Crippen LogP contribution in [-0.4, -0.2) is 35.6 Å². The molecular weight excluding hydrogens is 586 g/mol. The maximum atomic E-state index is 12.8. The van der Waals surface area contributed by atoms with Crippen molar-refractivity contribution in [2.24, 2.45) is 46.3 Å². The number of esters is 1. The van der Waals surface area contributed by atoms with Gasteiger partial charge < -0.3 is 15.2 Å². The summed E-state index contributed by atoms with van der Waals surface area (Å²) in [5, 5.41) is 11.4. The molecule has 4 saturated carbocycles. The van der Waals surface area contributed by atoms with Crippen molar-refractivity contribution in [2.75, 3.05) is 6.54 Å². The predicted molar refractivity (Wildman–Crippen MR) is 190 cm³/mol. The number of unbranched alkanes of at least 4 members (excludes halogenated alkanes) is 11. The largest absolute Gasteiger partial charge is 0.480 e. The molecule has 4 aliphatic rings. The number of hydrogen-bond acceptors (Lipinski definition) is 4. The van der Waals surface area contributed by atoms with Crippen molar-refractivity contribution in [3.05, 3.63) is 0 Å². The molecule has 0 aliphatic heterocycles. The molecule has 4 aliphatic carbocycles. The molecule has 9 unspecified atom stereocenters. The Balaban J connectivity index is 1.15. The summed E-state index contributed by atoms with van der Waals surface area (Å²) in [4.78, 5) is 35.8. The minimum absolute atomic E-state index is 0.0401. The lowest BCUT2D eigenvalue weighted by atomic mass is 9.44. The molecule has 0 bridgehead atoms. The summed E-state index contributed by atoms with van der Waals surface area (Å²) in [7, 11) is 0. The van der Waals surface area contributed by atoms with Gasteiger partial charge in [0, 0.05) is 12.8 Å². The Hall–Kier alpha value is -1.59. The van der Waals surface area contributed by atoms with Gasteiger partial charge in [0.05, 0.1) is 0 Å². The van der Waals surface area contributed by atoms with Crippen LogP contribution in [0.5, 0.6) is 0 Å². The molecule has 1 amide bonds. The fourth-order valence-corrected chi connectivity index (χ4v) is 11.5. The highest BCUT2D eigenvalue weighted by Gasteiger charge is 2.60. The number of amides is 1. The van der Waals surface area contributed by atoms with Crippen LogP contribution in [0, 0.1) is 46.3 Å². The lowest BCUT2D eigenvalue weighted by molar-refractivity contribution is -0.162. The Morgan fingerprint density at radius 2 is 1.38 bits per heavy atom. The summed E-state index contributed by atoms with van der Waals surface area (Å²) < 4.78 is 6.12. The van der Waals surface area contributed by atoms with E-state index < -0.39 is 5.97 Å². The number of carboxylic acid groups (broad SMARTS) is 1. The van der Waals surface area contributed by atoms with Crippen molar-refractivity contribution in [2.45, 2.75) is 188 Å². The maximum absolute atomic E-state index is 12.8. The van der Waals surface area contributed by atoms with Crippen molar-refractivity contribution in [3.63, 3.8) is 0 Å². The van der Waals surface area contributed by atoms with Gasteiger partial charge in [-0.15, -0.1) is 0 Å². The standard InChI is InChI=1S/C41H71NO5/c1-5-6-7-8-9-10-11-12-13-14-15-16-17-39(46)47-32-24-26-40(3)31(28-32)19-20-33-35-22-21-34(41(35,4)27-25-36(33)40)30(2)18-23-37(43)42-29-38(44)45/h30-36H,5-29H2,1-4H3,(H,42,43)(H,44,45). The Bertz CT molecular complexity index is 998. The molecule has 6 heteroatoms. The van der Waals surface area contributed by atoms with Gasteiger partial charge in [0.2, 0.25) is 5.91 Å². The molecule has 0 saturated heterocycles. The van der Waals surface area contributed by atoms with Crippen molar-refractivity contribution >= 4 is 17.8 Å². The first-order valence-electron chi connectivity index (χ1n) is 20.3. The number of aliphatic carboxylic acids is 1. The average Bonchev–Trinajstić information content (AvgIpc) is 3.40. The minimum Gasteiger partial charge on any atom is -0.480 e. The molecular formula is C41H71NO5. The van der Waals surface area contributed by atoms with Gasteiger partial charge in [-0.05, 0) is 117 Å². The molecule has 0 aromatic heterocycles. The number of ether oxygens (including phenoxy) is 1. The van der Waals surface area contributed by atoms with Crippen LogP contribution in [0.3, 0.4) is 0 Å². The smallest absolute Gasteiger partial charge is 0.322 e. The van der Waals surface area contributed by atoms with Gasteiger partial charge in [0.1, 0.15) is 12.6 Å². The third-order valence-corrected chi connectivity index (χ3v) is 14.2. The lowest BCUT2D eigenvalue weighted by Crippen LogP contribution is -2.54. The van der Waals surface area contributed by atoms with Gasteiger partial charge in [-0.2, -0.15) is 0 Å². The zero-order chi connectivity index (χ0) is 33.9. The number of carbonyl (C=O) groups is 3. The van der Waals surface area contributed by atoms with E-state index in [4.69, 9.17) is 9.84 Å². The quantitative estimate of drug-likeness (QED) is 0.100. The number of carboxylic acids is 1. The third-order valence-electron chi connectivity index (χ3n) is 14.2. The second kappa shape index (κ2) is 18.4. The summed E-state index contributed by atoms with van der Waals surface area (Å²) in [6, 6.07) is 0. The summed E-state index contributed by atoms with van der Waals surface area (Å²) in [6.07, 6.45) is 28.8. The van der Waals surface area contributed by atoms with E-state index in [-0.39, 0.29) is 24.5 Å². The van der Waals surface area contributed by atoms with E-state index in [1.807, 2.05) is 0 Å². The van der Waals surface area contributed by atoms with E-state index in [1.165, 1.54) is 109 Å². The van der Waals surface area contributed by atoms with Gasteiger partial charge >= 0.3 is 11.9 Å². The Morgan fingerprint density at radius 1 is 0.766 bits per heavy atom. The highest BCUT2D eigenvalue weighted by atomic mass is 16.5. The van der Waals surface area contributed by atoms with Crippen LogP contribution in [0.15, 0.2) is 0 Å².